The van der Waals surface area contributed by atoms with E-state index >= 15 is 0 Å². The zero-order valence-corrected chi connectivity index (χ0v) is 21.0. The summed E-state index contributed by atoms with van der Waals surface area (Å²) in [6.07, 6.45) is 4.63. The number of benzene rings is 2. The van der Waals surface area contributed by atoms with Crippen LogP contribution in [-0.4, -0.2) is 50.4 Å². The predicted molar refractivity (Wildman–Crippen MR) is 145 cm³/mol. The van der Waals surface area contributed by atoms with E-state index < -0.39 is 0 Å². The molecule has 0 fully saturated rings. The quantitative estimate of drug-likeness (QED) is 0.131. The largest absolute Gasteiger partial charge is 0.508 e. The first-order valence-electron chi connectivity index (χ1n) is 12.5. The lowest BCUT2D eigenvalue weighted by Gasteiger charge is -2.13. The molecule has 0 aliphatic rings. The molecule has 1 amide bonds. The average Bonchev–Trinajstić information content (AvgIpc) is 3.26. The smallest absolute Gasteiger partial charge is 0.243 e. The maximum Gasteiger partial charge on any atom is 0.243 e. The molecule has 9 heteroatoms. The number of amides is 1. The Kier molecular flexibility index (Phi) is 8.25. The molecule has 0 aliphatic heterocycles. The second-order valence-corrected chi connectivity index (χ2v) is 8.93. The number of nitrogen functional groups attached to an aromatic ring is 1. The van der Waals surface area contributed by atoms with Crippen LogP contribution in [0, 0.1) is 0 Å². The number of nitrogens with zero attached hydrogens (tertiary/aromatic N) is 3. The molecule has 0 saturated heterocycles. The van der Waals surface area contributed by atoms with Gasteiger partial charge in [0.1, 0.15) is 22.8 Å². The number of carbonyl (C=O) groups is 1. The fraction of sp³-hybridized carbons (Fsp3) is 0.321. The fourth-order valence-electron chi connectivity index (χ4n) is 4.34. The lowest BCUT2D eigenvalue weighted by Crippen LogP contribution is -2.25. The zero-order valence-electron chi connectivity index (χ0n) is 21.0. The standard InChI is InChI=1S/C28H33N5O4/c1-3-5-6-24-32-26-27(33(24)17-19-16-20(34)8-10-23(19)35)21-15-18(7-9-22(21)31-28(26)29)11-13-37-14-12-30-25(36)4-2/h4,7-10,15-16,34-35H,2-3,5-6,11-14,17H2,1H3,(H2,29,31)(H,30,36). The number of rotatable bonds is 12. The van der Waals surface area contributed by atoms with Gasteiger partial charge in [0.15, 0.2) is 5.82 Å². The number of aromatic nitrogens is 3. The number of hydrogen-bond donors (Lipinski definition) is 4. The van der Waals surface area contributed by atoms with Crippen LogP contribution in [0.25, 0.3) is 21.9 Å². The Morgan fingerprint density at radius 2 is 2.00 bits per heavy atom. The highest BCUT2D eigenvalue weighted by Gasteiger charge is 2.19. The number of aromatic hydroxyl groups is 2. The van der Waals surface area contributed by atoms with Gasteiger partial charge in [0.2, 0.25) is 5.91 Å². The SMILES string of the molecule is C=CC(=O)NCCOCCc1ccc2nc(N)c3nc(CCCC)n(Cc4cc(O)ccc4O)c3c2c1. The van der Waals surface area contributed by atoms with Crippen LogP contribution in [0.3, 0.4) is 0 Å². The molecule has 0 atom stereocenters. The van der Waals surface area contributed by atoms with Crippen molar-refractivity contribution in [1.82, 2.24) is 19.9 Å². The van der Waals surface area contributed by atoms with Crippen molar-refractivity contribution in [2.45, 2.75) is 39.2 Å². The fourth-order valence-corrected chi connectivity index (χ4v) is 4.34. The number of aryl methyl sites for hydroxylation is 1. The Labute approximate surface area is 215 Å². The number of phenolic OH excluding ortho intramolecular Hbond substituents is 2. The number of nitrogens with two attached hydrogens (primary N) is 1. The molecule has 2 heterocycles. The van der Waals surface area contributed by atoms with Crippen LogP contribution in [0.4, 0.5) is 5.82 Å². The van der Waals surface area contributed by atoms with E-state index in [-0.39, 0.29) is 17.4 Å². The molecule has 0 aliphatic carbocycles. The predicted octanol–water partition coefficient (Wildman–Crippen LogP) is 3.83. The van der Waals surface area contributed by atoms with E-state index in [4.69, 9.17) is 15.5 Å². The summed E-state index contributed by atoms with van der Waals surface area (Å²) >= 11 is 0. The van der Waals surface area contributed by atoms with Gasteiger partial charge >= 0.3 is 0 Å². The van der Waals surface area contributed by atoms with Crippen molar-refractivity contribution in [1.29, 1.82) is 0 Å². The van der Waals surface area contributed by atoms with Crippen molar-refractivity contribution in [2.24, 2.45) is 0 Å². The normalized spacial score (nSPS) is 11.3. The number of fused-ring (bicyclic) bond motifs is 3. The van der Waals surface area contributed by atoms with E-state index in [1.165, 1.54) is 18.2 Å². The Morgan fingerprint density at radius 3 is 2.78 bits per heavy atom. The third kappa shape index (κ3) is 6.00. The van der Waals surface area contributed by atoms with E-state index in [1.54, 1.807) is 6.07 Å². The van der Waals surface area contributed by atoms with Gasteiger partial charge in [0.25, 0.3) is 0 Å². The summed E-state index contributed by atoms with van der Waals surface area (Å²) in [5.74, 6) is 1.19. The number of imidazole rings is 1. The maximum absolute atomic E-state index is 11.2. The van der Waals surface area contributed by atoms with E-state index in [9.17, 15) is 15.0 Å². The molecule has 4 rings (SSSR count). The zero-order chi connectivity index (χ0) is 26.4. The van der Waals surface area contributed by atoms with Gasteiger partial charge in [0.05, 0.1) is 30.8 Å². The third-order valence-electron chi connectivity index (χ3n) is 6.26. The van der Waals surface area contributed by atoms with Crippen LogP contribution in [0.5, 0.6) is 11.5 Å². The number of ether oxygens (including phenoxy) is 1. The van der Waals surface area contributed by atoms with Crippen LogP contribution in [0.15, 0.2) is 49.1 Å². The van der Waals surface area contributed by atoms with Crippen molar-refractivity contribution in [3.05, 3.63) is 66.0 Å². The van der Waals surface area contributed by atoms with Crippen molar-refractivity contribution in [3.63, 3.8) is 0 Å². The highest BCUT2D eigenvalue weighted by atomic mass is 16.5. The van der Waals surface area contributed by atoms with Crippen molar-refractivity contribution < 1.29 is 19.7 Å². The third-order valence-corrected chi connectivity index (χ3v) is 6.26. The van der Waals surface area contributed by atoms with Gasteiger partial charge in [-0.3, -0.25) is 4.79 Å². The number of phenols is 2. The molecule has 0 spiro atoms. The summed E-state index contributed by atoms with van der Waals surface area (Å²) < 4.78 is 7.74. The molecule has 0 saturated carbocycles. The summed E-state index contributed by atoms with van der Waals surface area (Å²) in [5.41, 5.74) is 10.2. The lowest BCUT2D eigenvalue weighted by molar-refractivity contribution is -0.116. The molecule has 4 aromatic rings. The molecule has 0 radical (unpaired) electrons. The first kappa shape index (κ1) is 26.0. The van der Waals surface area contributed by atoms with Gasteiger partial charge < -0.3 is 30.6 Å². The highest BCUT2D eigenvalue weighted by Crippen LogP contribution is 2.32. The minimum absolute atomic E-state index is 0.0877. The van der Waals surface area contributed by atoms with Gasteiger partial charge in [-0.15, -0.1) is 0 Å². The van der Waals surface area contributed by atoms with Crippen LogP contribution in [-0.2, 0) is 28.9 Å². The van der Waals surface area contributed by atoms with Gasteiger partial charge in [0, 0.05) is 23.9 Å². The number of unbranched alkanes of at least 4 members (excludes halogenated alkanes) is 1. The molecule has 0 unspecified atom stereocenters. The number of nitrogens with one attached hydrogen (secondary N) is 1. The number of pyridine rings is 1. The first-order valence-corrected chi connectivity index (χ1v) is 12.5. The Morgan fingerprint density at radius 1 is 1.16 bits per heavy atom. The van der Waals surface area contributed by atoms with Crippen molar-refractivity contribution >= 4 is 33.7 Å². The van der Waals surface area contributed by atoms with Gasteiger partial charge in [-0.1, -0.05) is 26.0 Å². The minimum Gasteiger partial charge on any atom is -0.508 e. The van der Waals surface area contributed by atoms with E-state index in [1.807, 2.05) is 12.1 Å². The average molecular weight is 504 g/mol. The summed E-state index contributed by atoms with van der Waals surface area (Å²) in [5, 5.41) is 24.1. The van der Waals surface area contributed by atoms with Gasteiger partial charge in [-0.05, 0) is 54.8 Å². The summed E-state index contributed by atoms with van der Waals surface area (Å²) in [6, 6.07) is 10.5. The van der Waals surface area contributed by atoms with Crippen molar-refractivity contribution in [2.75, 3.05) is 25.5 Å². The second kappa shape index (κ2) is 11.7. The topological polar surface area (TPSA) is 136 Å². The van der Waals surface area contributed by atoms with Crippen LogP contribution < -0.4 is 11.1 Å². The van der Waals surface area contributed by atoms with Crippen LogP contribution in [0.2, 0.25) is 0 Å². The number of carbonyl (C=O) groups excluding carboxylic acids is 1. The molecule has 0 bridgehead atoms. The summed E-state index contributed by atoms with van der Waals surface area (Å²) in [7, 11) is 0. The maximum atomic E-state index is 11.2. The molecule has 2 aromatic heterocycles. The molecule has 194 valence electrons. The molecule has 5 N–H and O–H groups in total. The molecule has 9 nitrogen and oxygen atoms in total. The molecular formula is C28H33N5O4. The highest BCUT2D eigenvalue weighted by molar-refractivity contribution is 6.06. The van der Waals surface area contributed by atoms with E-state index in [0.717, 1.165) is 47.1 Å². The Bertz CT molecular complexity index is 1430. The lowest BCUT2D eigenvalue weighted by atomic mass is 10.1. The number of hydrogen-bond acceptors (Lipinski definition) is 7. The van der Waals surface area contributed by atoms with Gasteiger partial charge in [-0.25, -0.2) is 9.97 Å². The monoisotopic (exact) mass is 503 g/mol. The number of anilines is 1. The Balaban J connectivity index is 1.68. The van der Waals surface area contributed by atoms with E-state index in [0.29, 0.717) is 49.6 Å². The van der Waals surface area contributed by atoms with Crippen molar-refractivity contribution in [3.8, 4) is 11.5 Å². The molecule has 37 heavy (non-hydrogen) atoms. The van der Waals surface area contributed by atoms with E-state index in [2.05, 4.69) is 34.4 Å². The van der Waals surface area contributed by atoms with Crippen LogP contribution >= 0.6 is 0 Å². The summed E-state index contributed by atoms with van der Waals surface area (Å²) in [4.78, 5) is 20.7. The molecule has 2 aromatic carbocycles. The minimum atomic E-state index is -0.220. The Hall–Kier alpha value is -4.11. The molecular weight excluding hydrogens is 470 g/mol. The van der Waals surface area contributed by atoms with Crippen LogP contribution in [0.1, 0.15) is 36.7 Å². The first-order chi connectivity index (χ1) is 17.9. The van der Waals surface area contributed by atoms with Gasteiger partial charge in [-0.2, -0.15) is 0 Å². The second-order valence-electron chi connectivity index (χ2n) is 8.93. The summed E-state index contributed by atoms with van der Waals surface area (Å²) in [6.45, 7) is 7.22.